The third-order valence-electron chi connectivity index (χ3n) is 5.22. The fraction of sp³-hybridized carbons (Fsp3) is 0.348. The Morgan fingerprint density at radius 1 is 1.27 bits per heavy atom. The van der Waals surface area contributed by atoms with Gasteiger partial charge in [-0.15, -0.1) is 0 Å². The maximum Gasteiger partial charge on any atom is 0.254 e. The maximum absolute atomic E-state index is 12.9. The van der Waals surface area contributed by atoms with Crippen molar-refractivity contribution in [3.8, 4) is 11.5 Å². The average molecular weight is 409 g/mol. The highest BCUT2D eigenvalue weighted by Gasteiger charge is 2.29. The van der Waals surface area contributed by atoms with E-state index in [-0.39, 0.29) is 35.7 Å². The van der Waals surface area contributed by atoms with Crippen LogP contribution in [0.25, 0.3) is 0 Å². The van der Waals surface area contributed by atoms with E-state index >= 15 is 0 Å². The number of carbonyl (C=O) groups is 2. The third-order valence-corrected chi connectivity index (χ3v) is 5.22. The Balaban J connectivity index is 1.85. The zero-order valence-electron chi connectivity index (χ0n) is 17.7. The first-order valence-corrected chi connectivity index (χ1v) is 9.98. The number of Topliss-reactive ketones (excluding diaryl/α,β-unsaturated/α-hetero) is 1. The summed E-state index contributed by atoms with van der Waals surface area (Å²) in [5, 5.41) is 21.1. The molecule has 2 aromatic rings. The van der Waals surface area contributed by atoms with Crippen LogP contribution in [0.15, 0.2) is 30.3 Å². The number of carbonyl (C=O) groups excluding carboxylic acids is 2. The highest BCUT2D eigenvalue weighted by Crippen LogP contribution is 2.31. The van der Waals surface area contributed by atoms with E-state index in [2.05, 4.69) is 5.32 Å². The minimum Gasteiger partial charge on any atom is -0.508 e. The molecule has 7 nitrogen and oxygen atoms in total. The summed E-state index contributed by atoms with van der Waals surface area (Å²) in [5.41, 5.74) is 3.06. The van der Waals surface area contributed by atoms with Crippen LogP contribution in [-0.2, 0) is 6.54 Å². The van der Waals surface area contributed by atoms with Gasteiger partial charge in [0.25, 0.3) is 5.91 Å². The molecule has 0 atom stereocenters. The van der Waals surface area contributed by atoms with E-state index < -0.39 is 0 Å². The molecular weight excluding hydrogens is 382 g/mol. The Kier molecular flexibility index (Phi) is 6.10. The van der Waals surface area contributed by atoms with E-state index in [1.807, 2.05) is 20.8 Å². The van der Waals surface area contributed by atoms with E-state index in [1.54, 1.807) is 36.2 Å². The van der Waals surface area contributed by atoms with Gasteiger partial charge in [-0.1, -0.05) is 13.8 Å². The van der Waals surface area contributed by atoms with Crippen molar-refractivity contribution >= 4 is 17.5 Å². The Morgan fingerprint density at radius 3 is 2.63 bits per heavy atom. The standard InChI is InChI=1S/C23H27N3O4/c1-5-30-21-9-15-11-26(22(24)17(15)10-18(21)23(29)25-4)12-20(28)14-6-7-19(27)16(8-14)13(2)3/h6-10,13,24,27H,5,11-12H2,1-4H3,(H,25,29). The Bertz CT molecular complexity index is 1010. The van der Waals surface area contributed by atoms with Gasteiger partial charge in [0, 0.05) is 24.7 Å². The van der Waals surface area contributed by atoms with Gasteiger partial charge < -0.3 is 20.1 Å². The molecule has 158 valence electrons. The second-order valence-electron chi connectivity index (χ2n) is 7.57. The van der Waals surface area contributed by atoms with Gasteiger partial charge in [0.1, 0.15) is 17.3 Å². The SMILES string of the molecule is CCOc1cc2c(cc1C(=O)NC)C(=N)N(CC(=O)c1ccc(O)c(C(C)C)c1)C2. The first-order valence-electron chi connectivity index (χ1n) is 9.98. The summed E-state index contributed by atoms with van der Waals surface area (Å²) in [6.07, 6.45) is 0. The molecule has 1 aliphatic rings. The number of amidine groups is 1. The number of aromatic hydroxyl groups is 1. The predicted octanol–water partition coefficient (Wildman–Crippen LogP) is 3.30. The molecule has 0 fully saturated rings. The molecule has 0 saturated heterocycles. The Labute approximate surface area is 176 Å². The second-order valence-corrected chi connectivity index (χ2v) is 7.57. The van der Waals surface area contributed by atoms with Gasteiger partial charge in [0.2, 0.25) is 0 Å². The molecule has 30 heavy (non-hydrogen) atoms. The van der Waals surface area contributed by atoms with Crippen LogP contribution in [0.5, 0.6) is 11.5 Å². The van der Waals surface area contributed by atoms with E-state index in [1.165, 1.54) is 6.07 Å². The summed E-state index contributed by atoms with van der Waals surface area (Å²) < 4.78 is 5.61. The van der Waals surface area contributed by atoms with Crippen molar-refractivity contribution in [3.63, 3.8) is 0 Å². The quantitative estimate of drug-likeness (QED) is 0.609. The Hall–Kier alpha value is -3.35. The van der Waals surface area contributed by atoms with Crippen LogP contribution in [0.3, 0.4) is 0 Å². The van der Waals surface area contributed by atoms with Crippen molar-refractivity contribution in [2.75, 3.05) is 20.2 Å². The fourth-order valence-corrected chi connectivity index (χ4v) is 3.61. The zero-order valence-corrected chi connectivity index (χ0v) is 17.7. The van der Waals surface area contributed by atoms with Gasteiger partial charge in [0.05, 0.1) is 18.7 Å². The molecule has 1 aliphatic heterocycles. The minimum atomic E-state index is -0.283. The van der Waals surface area contributed by atoms with E-state index in [0.29, 0.717) is 35.6 Å². The van der Waals surface area contributed by atoms with Crippen molar-refractivity contribution in [2.24, 2.45) is 0 Å². The summed E-state index contributed by atoms with van der Waals surface area (Å²) >= 11 is 0. The number of ether oxygens (including phenoxy) is 1. The molecule has 2 aromatic carbocycles. The van der Waals surface area contributed by atoms with Gasteiger partial charge in [0.15, 0.2) is 5.78 Å². The van der Waals surface area contributed by atoms with Crippen molar-refractivity contribution < 1.29 is 19.4 Å². The lowest BCUT2D eigenvalue weighted by Gasteiger charge is -2.17. The number of hydrogen-bond donors (Lipinski definition) is 3. The lowest BCUT2D eigenvalue weighted by atomic mass is 9.98. The second kappa shape index (κ2) is 8.57. The first kappa shape index (κ1) is 21.4. The molecular formula is C23H27N3O4. The number of nitrogens with one attached hydrogen (secondary N) is 2. The zero-order chi connectivity index (χ0) is 22.0. The van der Waals surface area contributed by atoms with Crippen LogP contribution in [0.2, 0.25) is 0 Å². The number of amides is 1. The number of phenols is 1. The molecule has 0 saturated carbocycles. The van der Waals surface area contributed by atoms with E-state index in [0.717, 1.165) is 11.1 Å². The first-order chi connectivity index (χ1) is 14.3. The molecule has 3 N–H and O–H groups in total. The van der Waals surface area contributed by atoms with Crippen LogP contribution >= 0.6 is 0 Å². The highest BCUT2D eigenvalue weighted by atomic mass is 16.5. The molecule has 0 spiro atoms. The van der Waals surface area contributed by atoms with Crippen molar-refractivity contribution in [1.29, 1.82) is 5.41 Å². The molecule has 0 unspecified atom stereocenters. The van der Waals surface area contributed by atoms with E-state index in [9.17, 15) is 14.7 Å². The number of benzene rings is 2. The van der Waals surface area contributed by atoms with E-state index in [4.69, 9.17) is 10.1 Å². The van der Waals surface area contributed by atoms with Gasteiger partial charge in [-0.25, -0.2) is 0 Å². The number of rotatable bonds is 7. The normalized spacial score (nSPS) is 12.8. The number of ketones is 1. The van der Waals surface area contributed by atoms with Gasteiger partial charge >= 0.3 is 0 Å². The van der Waals surface area contributed by atoms with Crippen LogP contribution < -0.4 is 10.1 Å². The summed E-state index contributed by atoms with van der Waals surface area (Å²) in [4.78, 5) is 26.8. The van der Waals surface area contributed by atoms with Gasteiger partial charge in [-0.2, -0.15) is 0 Å². The monoisotopic (exact) mass is 409 g/mol. The number of fused-ring (bicyclic) bond motifs is 1. The summed E-state index contributed by atoms with van der Waals surface area (Å²) in [7, 11) is 1.55. The summed E-state index contributed by atoms with van der Waals surface area (Å²) in [6.45, 7) is 6.60. The van der Waals surface area contributed by atoms with Crippen LogP contribution in [0.4, 0.5) is 0 Å². The summed E-state index contributed by atoms with van der Waals surface area (Å²) in [6, 6.07) is 8.29. The molecule has 1 heterocycles. The van der Waals surface area contributed by atoms with Gasteiger partial charge in [-0.3, -0.25) is 15.0 Å². The molecule has 0 aromatic heterocycles. The molecule has 7 heteroatoms. The Morgan fingerprint density at radius 2 is 2.00 bits per heavy atom. The molecule has 0 aliphatic carbocycles. The minimum absolute atomic E-state index is 0.0368. The smallest absolute Gasteiger partial charge is 0.254 e. The lowest BCUT2D eigenvalue weighted by molar-refractivity contribution is 0.0953. The average Bonchev–Trinajstić information content (AvgIpc) is 3.01. The topological polar surface area (TPSA) is 103 Å². The molecule has 3 rings (SSSR count). The third kappa shape index (κ3) is 4.01. The predicted molar refractivity (Wildman–Crippen MR) is 115 cm³/mol. The fourth-order valence-electron chi connectivity index (χ4n) is 3.61. The van der Waals surface area contributed by atoms with Crippen molar-refractivity contribution in [3.05, 3.63) is 58.1 Å². The van der Waals surface area contributed by atoms with Gasteiger partial charge in [-0.05, 0) is 54.3 Å². The lowest BCUT2D eigenvalue weighted by Crippen LogP contribution is -2.30. The summed E-state index contributed by atoms with van der Waals surface area (Å²) in [5.74, 6) is 0.520. The highest BCUT2D eigenvalue weighted by molar-refractivity contribution is 6.07. The van der Waals surface area contributed by atoms with Crippen molar-refractivity contribution in [2.45, 2.75) is 33.2 Å². The molecule has 0 radical (unpaired) electrons. The molecule has 1 amide bonds. The number of phenolic OH excluding ortho intramolecular Hbond substituents is 1. The maximum atomic E-state index is 12.9. The van der Waals surface area contributed by atoms with Crippen LogP contribution in [0.1, 0.15) is 64.1 Å². The van der Waals surface area contributed by atoms with Crippen LogP contribution in [0, 0.1) is 5.41 Å². The molecule has 0 bridgehead atoms. The van der Waals surface area contributed by atoms with Crippen molar-refractivity contribution in [1.82, 2.24) is 10.2 Å². The largest absolute Gasteiger partial charge is 0.508 e. The van der Waals surface area contributed by atoms with Crippen LogP contribution in [-0.4, -0.2) is 47.7 Å². The number of nitrogens with zero attached hydrogens (tertiary/aromatic N) is 1. The number of hydrogen-bond acceptors (Lipinski definition) is 5.